The number of carbonyl (C=O) groups is 1. The Morgan fingerprint density at radius 3 is 0.767 bits per heavy atom. The van der Waals surface area contributed by atoms with Gasteiger partial charge in [0, 0.05) is 0 Å². The standard InChI is InChI=1S/2C12H10I.CH2O3/c2*1-3-7-11(8-4-1)13-12-9-5-2-6-10-12;2-1(3)4/h2*1-10H;(H2,2,3,4)/q2*+1;/p-2. The minimum atomic E-state index is -2.33. The Morgan fingerprint density at radius 1 is 0.433 bits per heavy atom. The molecule has 0 aliphatic rings. The Labute approximate surface area is 198 Å². The van der Waals surface area contributed by atoms with Crippen LogP contribution >= 0.6 is 0 Å². The predicted octanol–water partition coefficient (Wildman–Crippen LogP) is -2.82. The summed E-state index contributed by atoms with van der Waals surface area (Å²) in [5.41, 5.74) is 0. The molecule has 0 spiro atoms. The molecule has 0 saturated heterocycles. The summed E-state index contributed by atoms with van der Waals surface area (Å²) in [7, 11) is 0. The molecule has 4 aromatic carbocycles. The van der Waals surface area contributed by atoms with E-state index in [2.05, 4.69) is 121 Å². The van der Waals surface area contributed by atoms with Gasteiger partial charge < -0.3 is 15.0 Å². The van der Waals surface area contributed by atoms with Crippen molar-refractivity contribution in [1.29, 1.82) is 0 Å². The highest BCUT2D eigenvalue weighted by molar-refractivity contribution is 5.47. The molecule has 152 valence electrons. The molecule has 0 saturated carbocycles. The van der Waals surface area contributed by atoms with Gasteiger partial charge in [0.05, 0.1) is 0 Å². The second kappa shape index (κ2) is 14.6. The second-order valence-corrected chi connectivity index (χ2v) is 11.7. The van der Waals surface area contributed by atoms with Gasteiger partial charge in [0.25, 0.3) is 0 Å². The van der Waals surface area contributed by atoms with Crippen LogP contribution in [-0.2, 0) is 0 Å². The van der Waals surface area contributed by atoms with Crippen LogP contribution < -0.4 is 52.6 Å². The highest BCUT2D eigenvalue weighted by Crippen LogP contribution is 1.86. The molecular weight excluding hydrogens is 602 g/mol. The first-order chi connectivity index (χ1) is 14.6. The number of carbonyl (C=O) groups excluding carboxylic acids is 1. The molecule has 0 radical (unpaired) electrons. The van der Waals surface area contributed by atoms with E-state index in [1.54, 1.807) is 0 Å². The maximum Gasteiger partial charge on any atom is 0.357 e. The summed E-state index contributed by atoms with van der Waals surface area (Å²) in [5.74, 6) is 0. The molecular formula is C25H20I2O3. The number of hydrogen-bond acceptors (Lipinski definition) is 3. The molecule has 4 aromatic rings. The quantitative estimate of drug-likeness (QED) is 0.231. The molecule has 0 atom stereocenters. The average molecular weight is 622 g/mol. The highest BCUT2D eigenvalue weighted by Gasteiger charge is 2.13. The molecule has 4 rings (SSSR count). The van der Waals surface area contributed by atoms with Crippen molar-refractivity contribution in [3.8, 4) is 0 Å². The normalized spacial score (nSPS) is 9.33. The van der Waals surface area contributed by atoms with Crippen molar-refractivity contribution in [3.05, 3.63) is 136 Å². The molecule has 0 heterocycles. The van der Waals surface area contributed by atoms with Gasteiger partial charge in [-0.1, -0.05) is 72.8 Å². The molecule has 0 aromatic heterocycles. The van der Waals surface area contributed by atoms with Crippen molar-refractivity contribution in [3.63, 3.8) is 0 Å². The van der Waals surface area contributed by atoms with Gasteiger partial charge in [0.15, 0.2) is 14.3 Å². The minimum absolute atomic E-state index is 0.0287. The fourth-order valence-corrected chi connectivity index (χ4v) is 6.70. The third-order valence-corrected chi connectivity index (χ3v) is 8.74. The van der Waals surface area contributed by atoms with Gasteiger partial charge in [-0.25, -0.2) is 0 Å². The first-order valence-electron chi connectivity index (χ1n) is 9.01. The fourth-order valence-electron chi connectivity index (χ4n) is 2.16. The van der Waals surface area contributed by atoms with Crippen molar-refractivity contribution < 1.29 is 57.4 Å². The summed E-state index contributed by atoms with van der Waals surface area (Å²) in [6.07, 6.45) is -2.33. The van der Waals surface area contributed by atoms with E-state index in [0.717, 1.165) is 0 Å². The third kappa shape index (κ3) is 11.0. The van der Waals surface area contributed by atoms with E-state index in [1.165, 1.54) is 14.3 Å². The smallest absolute Gasteiger partial charge is 0.357 e. The highest BCUT2D eigenvalue weighted by atomic mass is 127. The van der Waals surface area contributed by atoms with E-state index in [-0.39, 0.29) is 42.4 Å². The van der Waals surface area contributed by atoms with Crippen LogP contribution in [0.15, 0.2) is 121 Å². The van der Waals surface area contributed by atoms with E-state index in [9.17, 15) is 0 Å². The van der Waals surface area contributed by atoms with Crippen molar-refractivity contribution in [2.45, 2.75) is 0 Å². The van der Waals surface area contributed by atoms with Gasteiger partial charge in [-0.05, 0) is 54.7 Å². The molecule has 5 heteroatoms. The monoisotopic (exact) mass is 622 g/mol. The lowest BCUT2D eigenvalue weighted by Gasteiger charge is -1.96. The SMILES string of the molecule is O=C([O-])[O-].c1ccc([I+]c2ccccc2)cc1.c1ccc([I+]c2ccccc2)cc1. The van der Waals surface area contributed by atoms with Crippen LogP contribution in [0.2, 0.25) is 0 Å². The third-order valence-electron chi connectivity index (χ3n) is 3.37. The first kappa shape index (κ1) is 23.9. The Hall–Kier alpha value is -2.39. The predicted molar refractivity (Wildman–Crippen MR) is 106 cm³/mol. The zero-order valence-corrected chi connectivity index (χ0v) is 20.3. The van der Waals surface area contributed by atoms with Gasteiger partial charge in [-0.15, -0.1) is 0 Å². The van der Waals surface area contributed by atoms with Gasteiger partial charge in [-0.3, -0.25) is 0 Å². The number of carboxylic acid groups (broad SMARTS) is 2. The van der Waals surface area contributed by atoms with E-state index < -0.39 is 6.16 Å². The number of halogens is 2. The van der Waals surface area contributed by atoms with Gasteiger partial charge in [0.1, 0.15) is 0 Å². The zero-order chi connectivity index (χ0) is 21.4. The average Bonchev–Trinajstić information content (AvgIpc) is 2.77. The lowest BCUT2D eigenvalue weighted by atomic mass is 10.4. The topological polar surface area (TPSA) is 63.2 Å². The maximum atomic E-state index is 8.33. The van der Waals surface area contributed by atoms with Gasteiger partial charge in [-0.2, -0.15) is 0 Å². The molecule has 0 N–H and O–H groups in total. The lowest BCUT2D eigenvalue weighted by Crippen LogP contribution is -3.61. The number of rotatable bonds is 4. The van der Waals surface area contributed by atoms with Crippen molar-refractivity contribution >= 4 is 6.16 Å². The first-order valence-corrected chi connectivity index (χ1v) is 13.3. The van der Waals surface area contributed by atoms with Crippen LogP contribution in [0, 0.1) is 14.3 Å². The molecule has 3 nitrogen and oxygen atoms in total. The summed E-state index contributed by atoms with van der Waals surface area (Å²) >= 11 is 0.0574. The summed E-state index contributed by atoms with van der Waals surface area (Å²) in [4.78, 5) is 8.33. The van der Waals surface area contributed by atoms with E-state index >= 15 is 0 Å². The summed E-state index contributed by atoms with van der Waals surface area (Å²) in [6.45, 7) is 0. The molecule has 30 heavy (non-hydrogen) atoms. The summed E-state index contributed by atoms with van der Waals surface area (Å²) in [5, 5.41) is 16.7. The van der Waals surface area contributed by atoms with Crippen LogP contribution in [-0.4, -0.2) is 6.16 Å². The van der Waals surface area contributed by atoms with Crippen molar-refractivity contribution in [2.75, 3.05) is 0 Å². The Morgan fingerprint density at radius 2 is 0.600 bits per heavy atom. The van der Waals surface area contributed by atoms with Crippen molar-refractivity contribution in [2.24, 2.45) is 0 Å². The van der Waals surface area contributed by atoms with Gasteiger partial charge >= 0.3 is 42.4 Å². The summed E-state index contributed by atoms with van der Waals surface area (Å²) in [6, 6.07) is 42.8. The van der Waals surface area contributed by atoms with E-state index in [1.807, 2.05) is 0 Å². The van der Waals surface area contributed by atoms with Crippen LogP contribution in [0.3, 0.4) is 0 Å². The second-order valence-electron chi connectivity index (χ2n) is 5.62. The number of benzene rings is 4. The lowest BCUT2D eigenvalue weighted by molar-refractivity contribution is -0.597. The maximum absolute atomic E-state index is 8.33. The molecule has 0 bridgehead atoms. The van der Waals surface area contributed by atoms with Crippen LogP contribution in [0.1, 0.15) is 0 Å². The largest absolute Gasteiger partial charge is 0.652 e. The number of hydrogen-bond donors (Lipinski definition) is 0. The molecule has 0 amide bonds. The Bertz CT molecular complexity index is 808. The Balaban J connectivity index is 0.000000182. The van der Waals surface area contributed by atoms with E-state index in [0.29, 0.717) is 0 Å². The Kier molecular flexibility index (Phi) is 11.6. The minimum Gasteiger partial charge on any atom is -0.652 e. The molecule has 0 aliphatic carbocycles. The van der Waals surface area contributed by atoms with Crippen LogP contribution in [0.5, 0.6) is 0 Å². The molecule has 0 unspecified atom stereocenters. The van der Waals surface area contributed by atoms with Gasteiger partial charge in [0.2, 0.25) is 0 Å². The van der Waals surface area contributed by atoms with E-state index in [4.69, 9.17) is 15.0 Å². The summed E-state index contributed by atoms with van der Waals surface area (Å²) < 4.78 is 5.92. The fraction of sp³-hybridized carbons (Fsp3) is 0. The molecule has 0 fully saturated rings. The molecule has 0 aliphatic heterocycles. The van der Waals surface area contributed by atoms with Crippen LogP contribution in [0.4, 0.5) is 4.79 Å². The van der Waals surface area contributed by atoms with Crippen LogP contribution in [0.25, 0.3) is 0 Å². The van der Waals surface area contributed by atoms with Crippen molar-refractivity contribution in [1.82, 2.24) is 0 Å². The zero-order valence-electron chi connectivity index (χ0n) is 16.0.